The summed E-state index contributed by atoms with van der Waals surface area (Å²) in [5.41, 5.74) is 1.16. The minimum atomic E-state index is -0.448. The molecule has 0 radical (unpaired) electrons. The highest BCUT2D eigenvalue weighted by Gasteiger charge is 2.12. The zero-order valence-electron chi connectivity index (χ0n) is 9.84. The van der Waals surface area contributed by atoms with Crippen LogP contribution in [0.3, 0.4) is 0 Å². The number of Topliss-reactive ketones (excluding diaryl/α,β-unsaturated/α-hetero) is 1. The van der Waals surface area contributed by atoms with Gasteiger partial charge in [-0.3, -0.25) is 9.78 Å². The Labute approximate surface area is 112 Å². The molecule has 0 fully saturated rings. The Hall–Kier alpha value is -2.14. The Bertz CT molecular complexity index is 704. The lowest BCUT2D eigenvalue weighted by molar-refractivity contribution is 0.0988. The number of rotatable bonds is 3. The molecule has 2 aromatic heterocycles. The number of hydrogen-bond donors (Lipinski definition) is 0. The van der Waals surface area contributed by atoms with Crippen LogP contribution in [0.2, 0.25) is 0 Å². The van der Waals surface area contributed by atoms with Crippen molar-refractivity contribution in [3.63, 3.8) is 0 Å². The number of ketones is 1. The molecular formula is C14H9FN2OS. The summed E-state index contributed by atoms with van der Waals surface area (Å²) >= 11 is 1.49. The molecule has 3 aromatic rings. The highest BCUT2D eigenvalue weighted by atomic mass is 32.1. The summed E-state index contributed by atoms with van der Waals surface area (Å²) < 4.78 is 13.8. The largest absolute Gasteiger partial charge is 0.292 e. The molecule has 0 saturated carbocycles. The highest BCUT2D eigenvalue weighted by Crippen LogP contribution is 2.22. The number of halogens is 1. The van der Waals surface area contributed by atoms with Crippen LogP contribution in [-0.2, 0) is 6.42 Å². The predicted molar refractivity (Wildman–Crippen MR) is 71.8 cm³/mol. The van der Waals surface area contributed by atoms with Gasteiger partial charge in [0, 0.05) is 0 Å². The first-order chi connectivity index (χ1) is 9.22. The molecule has 0 N–H and O–H groups in total. The van der Waals surface area contributed by atoms with Crippen molar-refractivity contribution in [3.05, 3.63) is 59.1 Å². The van der Waals surface area contributed by atoms with Gasteiger partial charge in [-0.05, 0) is 24.3 Å². The van der Waals surface area contributed by atoms with E-state index < -0.39 is 5.82 Å². The van der Waals surface area contributed by atoms with E-state index in [-0.39, 0.29) is 17.9 Å². The minimum Gasteiger partial charge on any atom is -0.292 e. The monoisotopic (exact) mass is 272 g/mol. The quantitative estimate of drug-likeness (QED) is 0.687. The Morgan fingerprint density at radius 3 is 2.79 bits per heavy atom. The SMILES string of the molecule is O=C(Cc1nc2ccccc2s1)c1ccc(F)cn1. The zero-order valence-corrected chi connectivity index (χ0v) is 10.7. The van der Waals surface area contributed by atoms with Crippen molar-refractivity contribution in [2.75, 3.05) is 0 Å². The van der Waals surface area contributed by atoms with Gasteiger partial charge < -0.3 is 0 Å². The van der Waals surface area contributed by atoms with Crippen LogP contribution in [0.25, 0.3) is 10.2 Å². The Morgan fingerprint density at radius 2 is 2.05 bits per heavy atom. The van der Waals surface area contributed by atoms with E-state index in [4.69, 9.17) is 0 Å². The third kappa shape index (κ3) is 2.51. The van der Waals surface area contributed by atoms with Crippen LogP contribution in [-0.4, -0.2) is 15.8 Å². The fourth-order valence-electron chi connectivity index (χ4n) is 1.76. The van der Waals surface area contributed by atoms with Crippen molar-refractivity contribution in [1.82, 2.24) is 9.97 Å². The van der Waals surface area contributed by atoms with Crippen molar-refractivity contribution >= 4 is 27.3 Å². The van der Waals surface area contributed by atoms with E-state index in [0.717, 1.165) is 21.4 Å². The van der Waals surface area contributed by atoms with Gasteiger partial charge in [0.25, 0.3) is 0 Å². The first-order valence-corrected chi connectivity index (χ1v) is 6.53. The van der Waals surface area contributed by atoms with Gasteiger partial charge in [0.15, 0.2) is 5.78 Å². The number of benzene rings is 1. The summed E-state index contributed by atoms with van der Waals surface area (Å²) in [6, 6.07) is 10.4. The number of carbonyl (C=O) groups excluding carboxylic acids is 1. The van der Waals surface area contributed by atoms with E-state index >= 15 is 0 Å². The van der Waals surface area contributed by atoms with E-state index in [2.05, 4.69) is 9.97 Å². The molecule has 2 heterocycles. The number of carbonyl (C=O) groups is 1. The number of fused-ring (bicyclic) bond motifs is 1. The number of pyridine rings is 1. The topological polar surface area (TPSA) is 42.9 Å². The average Bonchev–Trinajstić information content (AvgIpc) is 2.81. The molecule has 19 heavy (non-hydrogen) atoms. The van der Waals surface area contributed by atoms with Gasteiger partial charge in [-0.2, -0.15) is 0 Å². The molecule has 0 atom stereocenters. The number of hydrogen-bond acceptors (Lipinski definition) is 4. The zero-order chi connectivity index (χ0) is 13.2. The fourth-order valence-corrected chi connectivity index (χ4v) is 2.73. The van der Waals surface area contributed by atoms with Crippen molar-refractivity contribution < 1.29 is 9.18 Å². The average molecular weight is 272 g/mol. The smallest absolute Gasteiger partial charge is 0.187 e. The Morgan fingerprint density at radius 1 is 1.21 bits per heavy atom. The molecule has 3 rings (SSSR count). The number of nitrogens with zero attached hydrogens (tertiary/aromatic N) is 2. The molecule has 1 aromatic carbocycles. The van der Waals surface area contributed by atoms with Gasteiger partial charge >= 0.3 is 0 Å². The van der Waals surface area contributed by atoms with Crippen molar-refractivity contribution in [1.29, 1.82) is 0 Å². The van der Waals surface area contributed by atoms with Gasteiger partial charge in [0.05, 0.1) is 22.8 Å². The summed E-state index contributed by atoms with van der Waals surface area (Å²) in [6.07, 6.45) is 1.24. The van der Waals surface area contributed by atoms with Crippen LogP contribution in [0.5, 0.6) is 0 Å². The lowest BCUT2D eigenvalue weighted by Gasteiger charge is -1.97. The van der Waals surface area contributed by atoms with E-state index in [1.54, 1.807) is 0 Å². The van der Waals surface area contributed by atoms with Crippen molar-refractivity contribution in [3.8, 4) is 0 Å². The molecule has 0 amide bonds. The molecular weight excluding hydrogens is 263 g/mol. The normalized spacial score (nSPS) is 10.8. The predicted octanol–water partition coefficient (Wildman–Crippen LogP) is 3.26. The third-order valence-electron chi connectivity index (χ3n) is 2.66. The van der Waals surface area contributed by atoms with Crippen LogP contribution < -0.4 is 0 Å². The second kappa shape index (κ2) is 4.85. The Balaban J connectivity index is 1.84. The standard InChI is InChI=1S/C14H9FN2OS/c15-9-5-6-10(16-8-9)12(18)7-14-17-11-3-1-2-4-13(11)19-14/h1-6,8H,7H2. The fraction of sp³-hybridized carbons (Fsp3) is 0.0714. The number of thiazole rings is 1. The molecule has 0 aliphatic carbocycles. The van der Waals surface area contributed by atoms with Gasteiger partial charge in [0.1, 0.15) is 16.5 Å². The van der Waals surface area contributed by atoms with E-state index in [1.165, 1.54) is 23.5 Å². The minimum absolute atomic E-state index is 0.154. The van der Waals surface area contributed by atoms with Gasteiger partial charge in [-0.25, -0.2) is 9.37 Å². The van der Waals surface area contributed by atoms with Crippen LogP contribution in [0.1, 0.15) is 15.5 Å². The third-order valence-corrected chi connectivity index (χ3v) is 3.70. The highest BCUT2D eigenvalue weighted by molar-refractivity contribution is 7.18. The molecule has 0 unspecified atom stereocenters. The van der Waals surface area contributed by atoms with E-state index in [9.17, 15) is 9.18 Å². The van der Waals surface area contributed by atoms with E-state index in [0.29, 0.717) is 0 Å². The second-order valence-electron chi connectivity index (χ2n) is 4.04. The number of aromatic nitrogens is 2. The lowest BCUT2D eigenvalue weighted by atomic mass is 10.2. The van der Waals surface area contributed by atoms with Gasteiger partial charge in [0.2, 0.25) is 0 Å². The molecule has 3 nitrogen and oxygen atoms in total. The van der Waals surface area contributed by atoms with Crippen LogP contribution in [0.15, 0.2) is 42.6 Å². The first kappa shape index (κ1) is 11.9. The second-order valence-corrected chi connectivity index (χ2v) is 5.15. The van der Waals surface area contributed by atoms with Crippen LogP contribution in [0, 0.1) is 5.82 Å². The summed E-state index contributed by atoms with van der Waals surface area (Å²) in [7, 11) is 0. The maximum Gasteiger partial charge on any atom is 0.187 e. The van der Waals surface area contributed by atoms with Gasteiger partial charge in [-0.15, -0.1) is 11.3 Å². The molecule has 0 aliphatic heterocycles. The molecule has 0 saturated heterocycles. The van der Waals surface area contributed by atoms with Gasteiger partial charge in [-0.1, -0.05) is 12.1 Å². The molecule has 0 aliphatic rings. The summed E-state index contributed by atoms with van der Waals surface area (Å²) in [5, 5.41) is 0.748. The van der Waals surface area contributed by atoms with Crippen molar-refractivity contribution in [2.45, 2.75) is 6.42 Å². The molecule has 0 bridgehead atoms. The van der Waals surface area contributed by atoms with E-state index in [1.807, 2.05) is 24.3 Å². The molecule has 5 heteroatoms. The van der Waals surface area contributed by atoms with Crippen LogP contribution in [0.4, 0.5) is 4.39 Å². The number of para-hydroxylation sites is 1. The molecule has 94 valence electrons. The summed E-state index contributed by atoms with van der Waals surface area (Å²) in [4.78, 5) is 20.2. The summed E-state index contributed by atoms with van der Waals surface area (Å²) in [6.45, 7) is 0. The maximum absolute atomic E-state index is 12.7. The lowest BCUT2D eigenvalue weighted by Crippen LogP contribution is -2.05. The Kier molecular flexibility index (Phi) is 3.05. The maximum atomic E-state index is 12.7. The molecule has 0 spiro atoms. The van der Waals surface area contributed by atoms with Crippen molar-refractivity contribution in [2.24, 2.45) is 0 Å². The first-order valence-electron chi connectivity index (χ1n) is 5.71. The van der Waals surface area contributed by atoms with Crippen LogP contribution >= 0.6 is 11.3 Å². The summed E-state index contributed by atoms with van der Waals surface area (Å²) in [5.74, 6) is -0.601.